The molecule has 0 spiro atoms. The van der Waals surface area contributed by atoms with Gasteiger partial charge >= 0.3 is 0 Å². The summed E-state index contributed by atoms with van der Waals surface area (Å²) >= 11 is 0. The highest BCUT2D eigenvalue weighted by molar-refractivity contribution is 4.98. The van der Waals surface area contributed by atoms with Gasteiger partial charge in [0.05, 0.1) is 26.0 Å². The van der Waals surface area contributed by atoms with E-state index in [2.05, 4.69) is 5.32 Å². The third kappa shape index (κ3) is 1.97. The standard InChI is InChI=1S/C10H16N2O2/c11-5-10(7-13-8-10)6-12-4-9-2-1-3-14-9/h1-3,12H,4-8,11H2. The second-order valence-electron chi connectivity index (χ2n) is 3.88. The van der Waals surface area contributed by atoms with E-state index in [4.69, 9.17) is 14.9 Å². The molecule has 0 radical (unpaired) electrons. The molecule has 4 nitrogen and oxygen atoms in total. The molecule has 4 heteroatoms. The Morgan fingerprint density at radius 3 is 2.86 bits per heavy atom. The Hall–Kier alpha value is -0.840. The van der Waals surface area contributed by atoms with Crippen LogP contribution in [0.3, 0.4) is 0 Å². The lowest BCUT2D eigenvalue weighted by atomic mass is 9.86. The van der Waals surface area contributed by atoms with Crippen molar-refractivity contribution in [3.8, 4) is 0 Å². The van der Waals surface area contributed by atoms with Crippen molar-refractivity contribution in [3.63, 3.8) is 0 Å². The van der Waals surface area contributed by atoms with Gasteiger partial charge in [0.15, 0.2) is 0 Å². The number of nitrogens with one attached hydrogen (secondary N) is 1. The average Bonchev–Trinajstić information content (AvgIpc) is 2.62. The van der Waals surface area contributed by atoms with Crippen molar-refractivity contribution in [2.75, 3.05) is 26.3 Å². The highest BCUT2D eigenvalue weighted by Gasteiger charge is 2.36. The molecular formula is C10H16N2O2. The molecule has 0 aromatic carbocycles. The van der Waals surface area contributed by atoms with Crippen LogP contribution in [-0.2, 0) is 11.3 Å². The van der Waals surface area contributed by atoms with Crippen molar-refractivity contribution in [3.05, 3.63) is 24.2 Å². The monoisotopic (exact) mass is 196 g/mol. The fourth-order valence-electron chi connectivity index (χ4n) is 1.55. The first-order valence-corrected chi connectivity index (χ1v) is 4.86. The maximum absolute atomic E-state index is 5.68. The third-order valence-corrected chi connectivity index (χ3v) is 2.63. The number of ether oxygens (including phenoxy) is 1. The van der Waals surface area contributed by atoms with Crippen molar-refractivity contribution in [1.82, 2.24) is 5.32 Å². The predicted octanol–water partition coefficient (Wildman–Crippen LogP) is 0.344. The number of rotatable bonds is 5. The van der Waals surface area contributed by atoms with Gasteiger partial charge in [-0.1, -0.05) is 0 Å². The van der Waals surface area contributed by atoms with Crippen molar-refractivity contribution >= 4 is 0 Å². The fourth-order valence-corrected chi connectivity index (χ4v) is 1.55. The quantitative estimate of drug-likeness (QED) is 0.713. The molecule has 14 heavy (non-hydrogen) atoms. The maximum atomic E-state index is 5.68. The Kier molecular flexibility index (Phi) is 2.86. The molecule has 0 bridgehead atoms. The lowest BCUT2D eigenvalue weighted by Crippen LogP contribution is -2.54. The fraction of sp³-hybridized carbons (Fsp3) is 0.600. The molecule has 78 valence electrons. The van der Waals surface area contributed by atoms with Gasteiger partial charge in [-0.05, 0) is 12.1 Å². The van der Waals surface area contributed by atoms with Gasteiger partial charge in [0.2, 0.25) is 0 Å². The van der Waals surface area contributed by atoms with Gasteiger partial charge < -0.3 is 20.2 Å². The minimum Gasteiger partial charge on any atom is -0.468 e. The van der Waals surface area contributed by atoms with Gasteiger partial charge in [-0.2, -0.15) is 0 Å². The second kappa shape index (κ2) is 4.13. The molecule has 0 unspecified atom stereocenters. The van der Waals surface area contributed by atoms with Gasteiger partial charge in [0.1, 0.15) is 5.76 Å². The summed E-state index contributed by atoms with van der Waals surface area (Å²) in [6, 6.07) is 3.85. The molecule has 3 N–H and O–H groups in total. The smallest absolute Gasteiger partial charge is 0.117 e. The summed E-state index contributed by atoms with van der Waals surface area (Å²) in [5, 5.41) is 3.33. The van der Waals surface area contributed by atoms with Crippen molar-refractivity contribution in [1.29, 1.82) is 0 Å². The minimum absolute atomic E-state index is 0.159. The summed E-state index contributed by atoms with van der Waals surface area (Å²) in [6.07, 6.45) is 1.68. The molecule has 1 aromatic rings. The summed E-state index contributed by atoms with van der Waals surface area (Å²) in [5.41, 5.74) is 5.84. The van der Waals surface area contributed by atoms with E-state index in [1.54, 1.807) is 6.26 Å². The van der Waals surface area contributed by atoms with Crippen LogP contribution in [0.25, 0.3) is 0 Å². The SMILES string of the molecule is NCC1(CNCc2ccco2)COC1. The number of hydrogen-bond acceptors (Lipinski definition) is 4. The van der Waals surface area contributed by atoms with Gasteiger partial charge in [-0.3, -0.25) is 0 Å². The zero-order valence-electron chi connectivity index (χ0n) is 8.16. The van der Waals surface area contributed by atoms with Crippen molar-refractivity contribution in [2.45, 2.75) is 6.54 Å². The second-order valence-corrected chi connectivity index (χ2v) is 3.88. The van der Waals surface area contributed by atoms with E-state index in [9.17, 15) is 0 Å². The van der Waals surface area contributed by atoms with E-state index in [1.165, 1.54) is 0 Å². The van der Waals surface area contributed by atoms with Crippen molar-refractivity contribution in [2.24, 2.45) is 11.1 Å². The van der Waals surface area contributed by atoms with Gasteiger partial charge in [-0.25, -0.2) is 0 Å². The first kappa shape index (κ1) is 9.71. The van der Waals surface area contributed by atoms with Crippen LogP contribution in [0.2, 0.25) is 0 Å². The van der Waals surface area contributed by atoms with Crippen LogP contribution in [0.5, 0.6) is 0 Å². The highest BCUT2D eigenvalue weighted by Crippen LogP contribution is 2.24. The van der Waals surface area contributed by atoms with Crippen LogP contribution in [-0.4, -0.2) is 26.3 Å². The molecule has 0 saturated carbocycles. The molecule has 0 atom stereocenters. The van der Waals surface area contributed by atoms with Crippen LogP contribution >= 0.6 is 0 Å². The summed E-state index contributed by atoms with van der Waals surface area (Å²) < 4.78 is 10.4. The minimum atomic E-state index is 0.159. The zero-order chi connectivity index (χ0) is 9.86. The van der Waals surface area contributed by atoms with Gasteiger partial charge in [-0.15, -0.1) is 0 Å². The first-order chi connectivity index (χ1) is 6.85. The lowest BCUT2D eigenvalue weighted by molar-refractivity contribution is -0.105. The molecule has 2 heterocycles. The van der Waals surface area contributed by atoms with Gasteiger partial charge in [0.25, 0.3) is 0 Å². The summed E-state index contributed by atoms with van der Waals surface area (Å²) in [7, 11) is 0. The van der Waals surface area contributed by atoms with E-state index in [-0.39, 0.29) is 5.41 Å². The number of hydrogen-bond donors (Lipinski definition) is 2. The molecule has 1 aliphatic heterocycles. The van der Waals surface area contributed by atoms with E-state index >= 15 is 0 Å². The Morgan fingerprint density at radius 2 is 2.36 bits per heavy atom. The van der Waals surface area contributed by atoms with Crippen LogP contribution in [0, 0.1) is 5.41 Å². The highest BCUT2D eigenvalue weighted by atomic mass is 16.5. The topological polar surface area (TPSA) is 60.4 Å². The lowest BCUT2D eigenvalue weighted by Gasteiger charge is -2.40. The Labute approximate surface area is 83.4 Å². The Morgan fingerprint density at radius 1 is 1.50 bits per heavy atom. The number of furan rings is 1. The molecule has 0 amide bonds. The molecule has 2 rings (SSSR count). The van der Waals surface area contributed by atoms with Crippen LogP contribution in [0.4, 0.5) is 0 Å². The zero-order valence-corrected chi connectivity index (χ0v) is 8.16. The molecular weight excluding hydrogens is 180 g/mol. The summed E-state index contributed by atoms with van der Waals surface area (Å²) in [4.78, 5) is 0. The summed E-state index contributed by atoms with van der Waals surface area (Å²) in [6.45, 7) is 3.88. The summed E-state index contributed by atoms with van der Waals surface area (Å²) in [5.74, 6) is 0.956. The predicted molar refractivity (Wildman–Crippen MR) is 52.7 cm³/mol. The maximum Gasteiger partial charge on any atom is 0.117 e. The molecule has 0 aliphatic carbocycles. The molecule has 1 saturated heterocycles. The van der Waals surface area contributed by atoms with E-state index in [0.717, 1.165) is 32.1 Å². The molecule has 1 aliphatic rings. The normalized spacial score (nSPS) is 19.2. The molecule has 1 fully saturated rings. The van der Waals surface area contributed by atoms with E-state index in [0.29, 0.717) is 6.54 Å². The van der Waals surface area contributed by atoms with Crippen LogP contribution in [0.15, 0.2) is 22.8 Å². The van der Waals surface area contributed by atoms with E-state index < -0.39 is 0 Å². The Bertz CT molecular complexity index is 262. The van der Waals surface area contributed by atoms with Crippen LogP contribution < -0.4 is 11.1 Å². The Balaban J connectivity index is 1.72. The largest absolute Gasteiger partial charge is 0.468 e. The van der Waals surface area contributed by atoms with Gasteiger partial charge in [0, 0.05) is 18.5 Å². The van der Waals surface area contributed by atoms with Crippen molar-refractivity contribution < 1.29 is 9.15 Å². The van der Waals surface area contributed by atoms with E-state index in [1.807, 2.05) is 12.1 Å². The number of nitrogens with two attached hydrogens (primary N) is 1. The molecule has 1 aromatic heterocycles. The van der Waals surface area contributed by atoms with Crippen LogP contribution in [0.1, 0.15) is 5.76 Å². The first-order valence-electron chi connectivity index (χ1n) is 4.86. The average molecular weight is 196 g/mol. The third-order valence-electron chi connectivity index (χ3n) is 2.63.